The van der Waals surface area contributed by atoms with Crippen molar-refractivity contribution in [2.45, 2.75) is 51.4 Å². The summed E-state index contributed by atoms with van der Waals surface area (Å²) in [6, 6.07) is 14.4. The van der Waals surface area contributed by atoms with E-state index in [-0.39, 0.29) is 24.8 Å². The van der Waals surface area contributed by atoms with Gasteiger partial charge in [-0.15, -0.1) is 0 Å². The van der Waals surface area contributed by atoms with Crippen LogP contribution in [0.1, 0.15) is 44.2 Å². The topological polar surface area (TPSA) is 59.0 Å². The number of rotatable bonds is 4. The summed E-state index contributed by atoms with van der Waals surface area (Å²) in [6.45, 7) is 6.31. The molecule has 0 saturated carbocycles. The maximum atomic E-state index is 14.5. The number of carbonyl (C=O) groups is 1. The summed E-state index contributed by atoms with van der Waals surface area (Å²) >= 11 is 0. The Morgan fingerprint density at radius 2 is 1.93 bits per heavy atom. The van der Waals surface area contributed by atoms with E-state index >= 15 is 0 Å². The molecule has 0 bridgehead atoms. The Balaban J connectivity index is 1.61. The van der Waals surface area contributed by atoms with E-state index in [1.165, 1.54) is 11.0 Å². The lowest BCUT2D eigenvalue weighted by atomic mass is 9.87. The van der Waals surface area contributed by atoms with E-state index < -0.39 is 23.6 Å². The first-order valence-electron chi connectivity index (χ1n) is 9.85. The molecule has 0 unspecified atom stereocenters. The van der Waals surface area contributed by atoms with Crippen LogP contribution >= 0.6 is 0 Å². The number of hydrogen-bond acceptors (Lipinski definition) is 4. The fraction of sp³-hybridized carbons (Fsp3) is 0.435. The molecule has 3 rings (SSSR count). The van der Waals surface area contributed by atoms with Crippen LogP contribution in [0.2, 0.25) is 0 Å². The van der Waals surface area contributed by atoms with Crippen molar-refractivity contribution in [3.63, 3.8) is 0 Å². The zero-order valence-electron chi connectivity index (χ0n) is 17.1. The standard InChI is InChI=1S/C23H28FNO4/c1-23(2,3)29-22(27)25-12-11-18(20(26)14-25)17-9-10-21(19(24)13-17)28-15-16-7-5-4-6-8-16/h4-10,13,18,20,26H,11-12,14-15H2,1-3H3/t18-,20+/m1/s1. The summed E-state index contributed by atoms with van der Waals surface area (Å²) in [6.07, 6.45) is -0.693. The molecule has 6 heteroatoms. The minimum atomic E-state index is -0.785. The van der Waals surface area contributed by atoms with Gasteiger partial charge >= 0.3 is 6.09 Å². The summed E-state index contributed by atoms with van der Waals surface area (Å²) < 4.78 is 25.5. The predicted molar refractivity (Wildman–Crippen MR) is 108 cm³/mol. The van der Waals surface area contributed by atoms with E-state index in [0.717, 1.165) is 5.56 Å². The van der Waals surface area contributed by atoms with Crippen LogP contribution in [-0.4, -0.2) is 40.9 Å². The number of likely N-dealkylation sites (tertiary alicyclic amines) is 1. The molecule has 0 spiro atoms. The minimum Gasteiger partial charge on any atom is -0.486 e. The van der Waals surface area contributed by atoms with E-state index in [1.54, 1.807) is 32.9 Å². The van der Waals surface area contributed by atoms with Crippen molar-refractivity contribution in [2.75, 3.05) is 13.1 Å². The predicted octanol–water partition coefficient (Wildman–Crippen LogP) is 4.49. The first kappa shape index (κ1) is 21.1. The molecule has 1 aliphatic heterocycles. The van der Waals surface area contributed by atoms with Gasteiger partial charge in [-0.25, -0.2) is 9.18 Å². The second-order valence-corrected chi connectivity index (χ2v) is 8.35. The van der Waals surface area contributed by atoms with Crippen molar-refractivity contribution < 1.29 is 23.8 Å². The molecule has 1 N–H and O–H groups in total. The van der Waals surface area contributed by atoms with Gasteiger partial charge in [-0.2, -0.15) is 0 Å². The molecule has 2 atom stereocenters. The van der Waals surface area contributed by atoms with Gasteiger partial charge in [-0.05, 0) is 50.5 Å². The van der Waals surface area contributed by atoms with Crippen LogP contribution in [-0.2, 0) is 11.3 Å². The number of carbonyl (C=O) groups excluding carboxylic acids is 1. The van der Waals surface area contributed by atoms with E-state index in [9.17, 15) is 14.3 Å². The van der Waals surface area contributed by atoms with Gasteiger partial charge in [0.25, 0.3) is 0 Å². The second kappa shape index (κ2) is 8.82. The third-order valence-electron chi connectivity index (χ3n) is 4.85. The highest BCUT2D eigenvalue weighted by Crippen LogP contribution is 2.32. The molecule has 1 saturated heterocycles. The Bertz CT molecular complexity index is 835. The molecule has 2 aromatic rings. The average molecular weight is 401 g/mol. The smallest absolute Gasteiger partial charge is 0.410 e. The molecule has 5 nitrogen and oxygen atoms in total. The van der Waals surface area contributed by atoms with Gasteiger partial charge in [-0.3, -0.25) is 0 Å². The number of β-amino-alcohol motifs (C(OH)–C–C–N with tert-alkyl or cyclic N) is 1. The first-order valence-corrected chi connectivity index (χ1v) is 9.85. The van der Waals surface area contributed by atoms with Crippen molar-refractivity contribution in [3.8, 4) is 5.75 Å². The normalized spacial score (nSPS) is 19.7. The first-order chi connectivity index (χ1) is 13.7. The minimum absolute atomic E-state index is 0.160. The molecule has 1 fully saturated rings. The molecular weight excluding hydrogens is 373 g/mol. The third kappa shape index (κ3) is 5.70. The molecule has 156 valence electrons. The highest BCUT2D eigenvalue weighted by Gasteiger charge is 2.33. The molecule has 1 amide bonds. The maximum absolute atomic E-state index is 14.5. The number of ether oxygens (including phenoxy) is 2. The van der Waals surface area contributed by atoms with Crippen molar-refractivity contribution in [2.24, 2.45) is 0 Å². The van der Waals surface area contributed by atoms with Gasteiger partial charge in [0.1, 0.15) is 12.2 Å². The lowest BCUT2D eigenvalue weighted by Crippen LogP contribution is -2.47. The maximum Gasteiger partial charge on any atom is 0.410 e. The molecule has 2 aromatic carbocycles. The van der Waals surface area contributed by atoms with Crippen molar-refractivity contribution >= 4 is 6.09 Å². The van der Waals surface area contributed by atoms with Crippen LogP contribution < -0.4 is 4.74 Å². The van der Waals surface area contributed by atoms with E-state index in [0.29, 0.717) is 18.5 Å². The fourth-order valence-corrected chi connectivity index (χ4v) is 3.41. The van der Waals surface area contributed by atoms with Gasteiger partial charge in [-0.1, -0.05) is 36.4 Å². The summed E-state index contributed by atoms with van der Waals surface area (Å²) in [5, 5.41) is 10.5. The zero-order chi connectivity index (χ0) is 21.0. The number of benzene rings is 2. The highest BCUT2D eigenvalue weighted by atomic mass is 19.1. The number of piperidine rings is 1. The molecule has 1 heterocycles. The molecular formula is C23H28FNO4. The highest BCUT2D eigenvalue weighted by molar-refractivity contribution is 5.68. The van der Waals surface area contributed by atoms with Crippen LogP contribution in [0, 0.1) is 5.82 Å². The van der Waals surface area contributed by atoms with Crippen molar-refractivity contribution in [1.29, 1.82) is 0 Å². The number of aliphatic hydroxyl groups is 1. The molecule has 0 aliphatic carbocycles. The molecule has 0 radical (unpaired) electrons. The lowest BCUT2D eigenvalue weighted by molar-refractivity contribution is -0.00155. The van der Waals surface area contributed by atoms with Crippen LogP contribution in [0.5, 0.6) is 5.75 Å². The van der Waals surface area contributed by atoms with E-state index in [1.807, 2.05) is 30.3 Å². The monoisotopic (exact) mass is 401 g/mol. The Kier molecular flexibility index (Phi) is 6.42. The molecule has 0 aromatic heterocycles. The summed E-state index contributed by atoms with van der Waals surface area (Å²) in [5.74, 6) is -0.523. The summed E-state index contributed by atoms with van der Waals surface area (Å²) in [7, 11) is 0. The van der Waals surface area contributed by atoms with Crippen LogP contribution in [0.3, 0.4) is 0 Å². The molecule has 1 aliphatic rings. The van der Waals surface area contributed by atoms with Crippen LogP contribution in [0.25, 0.3) is 0 Å². The van der Waals surface area contributed by atoms with Crippen LogP contribution in [0.15, 0.2) is 48.5 Å². The second-order valence-electron chi connectivity index (χ2n) is 8.35. The summed E-state index contributed by atoms with van der Waals surface area (Å²) in [4.78, 5) is 13.7. The SMILES string of the molecule is CC(C)(C)OC(=O)N1CC[C@H](c2ccc(OCc3ccccc3)c(F)c2)[C@@H](O)C1. The average Bonchev–Trinajstić information content (AvgIpc) is 2.66. The van der Waals surface area contributed by atoms with Gasteiger partial charge in [0.2, 0.25) is 0 Å². The van der Waals surface area contributed by atoms with E-state index in [2.05, 4.69) is 0 Å². The number of hydrogen-bond donors (Lipinski definition) is 1. The Morgan fingerprint density at radius 3 is 2.55 bits per heavy atom. The summed E-state index contributed by atoms with van der Waals surface area (Å²) in [5.41, 5.74) is 1.07. The van der Waals surface area contributed by atoms with Gasteiger partial charge in [0.15, 0.2) is 11.6 Å². The number of halogens is 1. The van der Waals surface area contributed by atoms with Crippen molar-refractivity contribution in [1.82, 2.24) is 4.90 Å². The molecule has 29 heavy (non-hydrogen) atoms. The Morgan fingerprint density at radius 1 is 1.21 bits per heavy atom. The zero-order valence-corrected chi connectivity index (χ0v) is 17.1. The van der Waals surface area contributed by atoms with Gasteiger partial charge in [0.05, 0.1) is 12.6 Å². The Hall–Kier alpha value is -2.60. The Labute approximate surface area is 171 Å². The third-order valence-corrected chi connectivity index (χ3v) is 4.85. The largest absolute Gasteiger partial charge is 0.486 e. The number of nitrogens with zero attached hydrogens (tertiary/aromatic N) is 1. The van der Waals surface area contributed by atoms with Gasteiger partial charge < -0.3 is 19.5 Å². The van der Waals surface area contributed by atoms with E-state index in [4.69, 9.17) is 9.47 Å². The van der Waals surface area contributed by atoms with Crippen molar-refractivity contribution in [3.05, 3.63) is 65.5 Å². The lowest BCUT2D eigenvalue weighted by Gasteiger charge is -2.37. The quantitative estimate of drug-likeness (QED) is 0.820. The van der Waals surface area contributed by atoms with Gasteiger partial charge in [0, 0.05) is 12.5 Å². The fourth-order valence-electron chi connectivity index (χ4n) is 3.41. The number of aliphatic hydroxyl groups excluding tert-OH is 1. The van der Waals surface area contributed by atoms with Crippen LogP contribution in [0.4, 0.5) is 9.18 Å². The number of amides is 1.